The van der Waals surface area contributed by atoms with Crippen LogP contribution in [0.25, 0.3) is 0 Å². The third-order valence-corrected chi connectivity index (χ3v) is 3.68. The largest absolute Gasteiger partial charge is 0.349 e. The number of nitro benzene ring substituents is 1. The van der Waals surface area contributed by atoms with Gasteiger partial charge in [0.15, 0.2) is 0 Å². The molecule has 0 bridgehead atoms. The Labute approximate surface area is 116 Å². The second-order valence-electron chi connectivity index (χ2n) is 4.73. The molecule has 0 saturated heterocycles. The normalized spacial score (nSPS) is 16.1. The monoisotopic (exact) mass is 282 g/mol. The second kappa shape index (κ2) is 6.02. The number of hydrogen-bond donors (Lipinski definition) is 1. The zero-order valence-corrected chi connectivity index (χ0v) is 11.2. The van der Waals surface area contributed by atoms with Crippen LogP contribution in [-0.4, -0.2) is 16.9 Å². The summed E-state index contributed by atoms with van der Waals surface area (Å²) in [5, 5.41) is 13.8. The first-order chi connectivity index (χ1) is 9.08. The van der Waals surface area contributed by atoms with Gasteiger partial charge >= 0.3 is 0 Å². The topological polar surface area (TPSA) is 72.2 Å². The van der Waals surface area contributed by atoms with Gasteiger partial charge in [0.2, 0.25) is 0 Å². The zero-order valence-electron chi connectivity index (χ0n) is 10.4. The molecule has 0 radical (unpaired) electrons. The molecule has 0 spiro atoms. The molecule has 1 saturated carbocycles. The van der Waals surface area contributed by atoms with E-state index in [1.807, 2.05) is 0 Å². The first kappa shape index (κ1) is 13.8. The minimum Gasteiger partial charge on any atom is -0.349 e. The number of amides is 1. The third-order valence-electron chi connectivity index (χ3n) is 3.35. The van der Waals surface area contributed by atoms with E-state index in [9.17, 15) is 14.9 Å². The molecule has 1 aromatic rings. The Bertz CT molecular complexity index is 499. The van der Waals surface area contributed by atoms with E-state index in [0.29, 0.717) is 0 Å². The molecule has 19 heavy (non-hydrogen) atoms. The summed E-state index contributed by atoms with van der Waals surface area (Å²) in [6, 6.07) is 4.05. The molecule has 6 heteroatoms. The highest BCUT2D eigenvalue weighted by Crippen LogP contribution is 2.23. The van der Waals surface area contributed by atoms with Crippen LogP contribution >= 0.6 is 11.6 Å². The number of halogens is 1. The van der Waals surface area contributed by atoms with Gasteiger partial charge in [0.1, 0.15) is 0 Å². The van der Waals surface area contributed by atoms with Crippen LogP contribution in [0.4, 0.5) is 5.69 Å². The lowest BCUT2D eigenvalue weighted by atomic mass is 9.95. The fourth-order valence-corrected chi connectivity index (χ4v) is 2.51. The summed E-state index contributed by atoms with van der Waals surface area (Å²) in [5.41, 5.74) is 0.0413. The lowest BCUT2D eigenvalue weighted by molar-refractivity contribution is -0.384. The average Bonchev–Trinajstić information content (AvgIpc) is 2.40. The van der Waals surface area contributed by atoms with Gasteiger partial charge in [0, 0.05) is 18.2 Å². The smallest absolute Gasteiger partial charge is 0.270 e. The molecule has 5 nitrogen and oxygen atoms in total. The molecule has 0 aliphatic heterocycles. The number of non-ortho nitro benzene ring substituents is 1. The van der Waals surface area contributed by atoms with E-state index >= 15 is 0 Å². The Balaban J connectivity index is 2.13. The van der Waals surface area contributed by atoms with Crippen molar-refractivity contribution in [1.29, 1.82) is 0 Å². The molecule has 1 fully saturated rings. The lowest BCUT2D eigenvalue weighted by Gasteiger charge is -2.22. The summed E-state index contributed by atoms with van der Waals surface area (Å²) >= 11 is 5.93. The predicted molar refractivity (Wildman–Crippen MR) is 72.4 cm³/mol. The van der Waals surface area contributed by atoms with Gasteiger partial charge in [-0.15, -0.1) is 0 Å². The number of hydrogen-bond acceptors (Lipinski definition) is 3. The average molecular weight is 283 g/mol. The summed E-state index contributed by atoms with van der Waals surface area (Å²) < 4.78 is 0. The molecule has 0 heterocycles. The Kier molecular flexibility index (Phi) is 4.37. The van der Waals surface area contributed by atoms with Crippen molar-refractivity contribution in [2.24, 2.45) is 0 Å². The van der Waals surface area contributed by atoms with Gasteiger partial charge in [-0.3, -0.25) is 14.9 Å². The summed E-state index contributed by atoms with van der Waals surface area (Å²) in [5.74, 6) is -0.333. The van der Waals surface area contributed by atoms with Gasteiger partial charge in [-0.25, -0.2) is 0 Å². The Hall–Kier alpha value is -1.62. The van der Waals surface area contributed by atoms with Crippen molar-refractivity contribution in [3.8, 4) is 0 Å². The van der Waals surface area contributed by atoms with Gasteiger partial charge in [0.25, 0.3) is 11.6 Å². The number of rotatable bonds is 3. The maximum Gasteiger partial charge on any atom is 0.270 e. The Morgan fingerprint density at radius 3 is 2.63 bits per heavy atom. The molecule has 2 rings (SSSR count). The minimum absolute atomic E-state index is 0.127. The van der Waals surface area contributed by atoms with Crippen molar-refractivity contribution in [1.82, 2.24) is 5.32 Å². The predicted octanol–water partition coefficient (Wildman–Crippen LogP) is 3.31. The van der Waals surface area contributed by atoms with Crippen LogP contribution in [0, 0.1) is 10.1 Å². The van der Waals surface area contributed by atoms with Gasteiger partial charge in [-0.1, -0.05) is 30.9 Å². The summed E-state index contributed by atoms with van der Waals surface area (Å²) in [7, 11) is 0. The standard InChI is InChI=1S/C13H15ClN2O3/c14-12-7-6-10(16(18)19)8-11(12)13(17)15-9-4-2-1-3-5-9/h6-9H,1-5H2,(H,15,17). The molecule has 1 aromatic carbocycles. The fraction of sp³-hybridized carbons (Fsp3) is 0.462. The number of nitro groups is 1. The van der Waals surface area contributed by atoms with Crippen LogP contribution in [-0.2, 0) is 0 Å². The van der Waals surface area contributed by atoms with E-state index < -0.39 is 4.92 Å². The zero-order chi connectivity index (χ0) is 13.8. The molecule has 1 aliphatic rings. The van der Waals surface area contributed by atoms with E-state index in [4.69, 9.17) is 11.6 Å². The first-order valence-corrected chi connectivity index (χ1v) is 6.70. The highest BCUT2D eigenvalue weighted by atomic mass is 35.5. The maximum absolute atomic E-state index is 12.1. The van der Waals surface area contributed by atoms with Crippen LogP contribution in [0.5, 0.6) is 0 Å². The molecule has 0 aromatic heterocycles. The van der Waals surface area contributed by atoms with Gasteiger partial charge in [0.05, 0.1) is 15.5 Å². The number of carbonyl (C=O) groups excluding carboxylic acids is 1. The highest BCUT2D eigenvalue weighted by Gasteiger charge is 2.20. The SMILES string of the molecule is O=C(NC1CCCCC1)c1cc([N+](=O)[O-])ccc1Cl. The maximum atomic E-state index is 12.1. The van der Waals surface area contributed by atoms with Gasteiger partial charge in [-0.05, 0) is 18.9 Å². The lowest BCUT2D eigenvalue weighted by Crippen LogP contribution is -2.36. The van der Waals surface area contributed by atoms with Crippen molar-refractivity contribution in [2.45, 2.75) is 38.1 Å². The van der Waals surface area contributed by atoms with E-state index in [1.165, 1.54) is 24.6 Å². The minimum atomic E-state index is -0.534. The summed E-state index contributed by atoms with van der Waals surface area (Å²) in [6.07, 6.45) is 5.32. The molecule has 1 N–H and O–H groups in total. The van der Waals surface area contributed by atoms with E-state index in [2.05, 4.69) is 5.32 Å². The number of benzene rings is 1. The second-order valence-corrected chi connectivity index (χ2v) is 5.14. The molecule has 102 valence electrons. The molecule has 1 aliphatic carbocycles. The Morgan fingerprint density at radius 2 is 2.00 bits per heavy atom. The van der Waals surface area contributed by atoms with Crippen molar-refractivity contribution < 1.29 is 9.72 Å². The summed E-state index contributed by atoms with van der Waals surface area (Å²) in [6.45, 7) is 0. The van der Waals surface area contributed by atoms with Gasteiger partial charge < -0.3 is 5.32 Å². The molecule has 1 amide bonds. The number of nitrogens with one attached hydrogen (secondary N) is 1. The van der Waals surface area contributed by atoms with E-state index in [0.717, 1.165) is 25.7 Å². The first-order valence-electron chi connectivity index (χ1n) is 6.33. The van der Waals surface area contributed by atoms with E-state index in [-0.39, 0.29) is 28.2 Å². The highest BCUT2D eigenvalue weighted by molar-refractivity contribution is 6.33. The van der Waals surface area contributed by atoms with Gasteiger partial charge in [-0.2, -0.15) is 0 Å². The quantitative estimate of drug-likeness (QED) is 0.683. The number of carbonyl (C=O) groups is 1. The summed E-state index contributed by atoms with van der Waals surface area (Å²) in [4.78, 5) is 22.3. The fourth-order valence-electron chi connectivity index (χ4n) is 2.31. The van der Waals surface area contributed by atoms with Crippen LogP contribution in [0.15, 0.2) is 18.2 Å². The van der Waals surface area contributed by atoms with E-state index in [1.54, 1.807) is 0 Å². The van der Waals surface area contributed by atoms with Crippen LogP contribution in [0.3, 0.4) is 0 Å². The van der Waals surface area contributed by atoms with Crippen molar-refractivity contribution >= 4 is 23.2 Å². The molecule has 0 unspecified atom stereocenters. The van der Waals surface area contributed by atoms with Crippen LogP contribution in [0.1, 0.15) is 42.5 Å². The third kappa shape index (κ3) is 3.44. The molecular weight excluding hydrogens is 268 g/mol. The van der Waals surface area contributed by atoms with Crippen molar-refractivity contribution in [3.63, 3.8) is 0 Å². The molecular formula is C13H15ClN2O3. The van der Waals surface area contributed by atoms with Crippen molar-refractivity contribution in [2.75, 3.05) is 0 Å². The Morgan fingerprint density at radius 1 is 1.32 bits per heavy atom. The van der Waals surface area contributed by atoms with Crippen LogP contribution < -0.4 is 5.32 Å². The number of nitrogens with zero attached hydrogens (tertiary/aromatic N) is 1. The molecule has 0 atom stereocenters. The van der Waals surface area contributed by atoms with Crippen molar-refractivity contribution in [3.05, 3.63) is 38.9 Å². The van der Waals surface area contributed by atoms with Crippen LogP contribution in [0.2, 0.25) is 5.02 Å².